The van der Waals surface area contributed by atoms with Crippen molar-refractivity contribution in [2.24, 2.45) is 11.8 Å². The van der Waals surface area contributed by atoms with Gasteiger partial charge < -0.3 is 33.8 Å². The van der Waals surface area contributed by atoms with E-state index in [1.54, 1.807) is 13.3 Å². The van der Waals surface area contributed by atoms with Crippen molar-refractivity contribution in [2.45, 2.75) is 25.0 Å². The average Bonchev–Trinajstić information content (AvgIpc) is 2.71. The molecule has 166 valence electrons. The molecule has 0 saturated carbocycles. The molecular weight excluding hydrogens is 609 g/mol. The molecule has 3 N–H and O–H groups in total. The molecule has 1 unspecified atom stereocenters. The number of methoxy groups -OCH3 is 1. The van der Waals surface area contributed by atoms with Crippen LogP contribution in [0.5, 0.6) is 5.75 Å². The molecular formula is C20H26IN2O6RbS. The quantitative estimate of drug-likeness (QED) is 0.180. The molecule has 1 aromatic carbocycles. The fourth-order valence-electron chi connectivity index (χ4n) is 4.44. The summed E-state index contributed by atoms with van der Waals surface area (Å²) in [5.74, 6) is 2.01. The number of benzene rings is 1. The van der Waals surface area contributed by atoms with E-state index in [-0.39, 0.29) is 88.2 Å². The fourth-order valence-corrected chi connectivity index (χ4v) is 4.44. The van der Waals surface area contributed by atoms with Crippen LogP contribution in [0.2, 0.25) is 0 Å². The molecule has 0 radical (unpaired) electrons. The predicted octanol–water partition coefficient (Wildman–Crippen LogP) is -3.47. The Morgan fingerprint density at radius 1 is 1.32 bits per heavy atom. The summed E-state index contributed by atoms with van der Waals surface area (Å²) in [6.07, 6.45) is 5.62. The van der Waals surface area contributed by atoms with Crippen molar-refractivity contribution >= 4 is 21.3 Å². The molecule has 3 aliphatic rings. The normalized spacial score (nSPS) is 25.3. The Labute approximate surface area is 248 Å². The second-order valence-electron chi connectivity index (χ2n) is 7.42. The van der Waals surface area contributed by atoms with Crippen LogP contribution in [0.1, 0.15) is 24.5 Å². The van der Waals surface area contributed by atoms with Gasteiger partial charge in [0.2, 0.25) is 0 Å². The van der Waals surface area contributed by atoms with Gasteiger partial charge in [-0.05, 0) is 61.1 Å². The third kappa shape index (κ3) is 7.76. The summed E-state index contributed by atoms with van der Waals surface area (Å²) in [5, 5.41) is 12.1. The van der Waals surface area contributed by atoms with E-state index in [0.717, 1.165) is 41.7 Å². The molecule has 0 spiro atoms. The van der Waals surface area contributed by atoms with E-state index in [9.17, 15) is 5.11 Å². The third-order valence-corrected chi connectivity index (χ3v) is 5.82. The summed E-state index contributed by atoms with van der Waals surface area (Å²) in [7, 11) is -3.01. The van der Waals surface area contributed by atoms with Crippen molar-refractivity contribution < 1.29 is 110 Å². The zero-order chi connectivity index (χ0) is 21.2. The summed E-state index contributed by atoms with van der Waals surface area (Å²) >= 11 is 0. The largest absolute Gasteiger partial charge is 1.00 e. The summed E-state index contributed by atoms with van der Waals surface area (Å²) in [4.78, 5) is 6.86. The van der Waals surface area contributed by atoms with E-state index >= 15 is 0 Å². The number of nitrogens with zero attached hydrogens (tertiary/aromatic N) is 2. The SMILES string of the molecule is C=C[C@H]1CN2CC[C@H]1C[C@H]2[C@H](O)c1ccnc2ccc(OC)cc12.O=S(=O)(O)O.[I-].[Rb+]. The number of piperidine rings is 3. The molecule has 3 aliphatic heterocycles. The van der Waals surface area contributed by atoms with Gasteiger partial charge in [0.1, 0.15) is 5.75 Å². The molecule has 4 heterocycles. The van der Waals surface area contributed by atoms with Gasteiger partial charge in [0.25, 0.3) is 0 Å². The number of aliphatic hydroxyl groups excluding tert-OH is 1. The average molecular weight is 635 g/mol. The van der Waals surface area contributed by atoms with Gasteiger partial charge in [0.05, 0.1) is 18.7 Å². The van der Waals surface area contributed by atoms with Gasteiger partial charge in [-0.1, -0.05) is 6.08 Å². The minimum atomic E-state index is -4.67. The zero-order valence-corrected chi connectivity index (χ0v) is 25.4. The Kier molecular flexibility index (Phi) is 12.2. The summed E-state index contributed by atoms with van der Waals surface area (Å²) in [6, 6.07) is 7.96. The first-order valence-electron chi connectivity index (χ1n) is 9.38. The Hall–Kier alpha value is 0.495. The van der Waals surface area contributed by atoms with E-state index in [4.69, 9.17) is 22.3 Å². The molecule has 5 rings (SSSR count). The molecule has 11 heteroatoms. The summed E-state index contributed by atoms with van der Waals surface area (Å²) in [6.45, 7) is 6.07. The van der Waals surface area contributed by atoms with Gasteiger partial charge in [-0.3, -0.25) is 19.0 Å². The maximum absolute atomic E-state index is 11.2. The molecule has 3 saturated heterocycles. The summed E-state index contributed by atoms with van der Waals surface area (Å²) < 4.78 is 36.9. The van der Waals surface area contributed by atoms with Crippen LogP contribution >= 0.6 is 0 Å². The van der Waals surface area contributed by atoms with Gasteiger partial charge in [-0.15, -0.1) is 6.58 Å². The van der Waals surface area contributed by atoms with Crippen molar-refractivity contribution in [1.82, 2.24) is 9.88 Å². The van der Waals surface area contributed by atoms with Gasteiger partial charge in [0, 0.05) is 24.2 Å². The number of aliphatic hydroxyl groups is 1. The van der Waals surface area contributed by atoms with Crippen LogP contribution in [0.15, 0.2) is 43.1 Å². The smallest absolute Gasteiger partial charge is 1.00 e. The monoisotopic (exact) mass is 634 g/mol. The Bertz CT molecular complexity index is 985. The number of fused-ring (bicyclic) bond motifs is 4. The van der Waals surface area contributed by atoms with E-state index in [1.165, 1.54) is 6.42 Å². The van der Waals surface area contributed by atoms with Crippen LogP contribution in [0.25, 0.3) is 10.9 Å². The molecule has 31 heavy (non-hydrogen) atoms. The van der Waals surface area contributed by atoms with Crippen LogP contribution in [0.4, 0.5) is 0 Å². The zero-order valence-electron chi connectivity index (χ0n) is 17.6. The first-order chi connectivity index (χ1) is 13.7. The fraction of sp³-hybridized carbons (Fsp3) is 0.450. The number of pyridine rings is 1. The Balaban J connectivity index is 0.000000622. The van der Waals surface area contributed by atoms with Crippen LogP contribution in [-0.4, -0.2) is 58.8 Å². The minimum absolute atomic E-state index is 0. The second-order valence-corrected chi connectivity index (χ2v) is 8.32. The summed E-state index contributed by atoms with van der Waals surface area (Å²) in [5.41, 5.74) is 1.85. The number of ether oxygens (including phenoxy) is 1. The number of hydrogen-bond donors (Lipinski definition) is 3. The number of aromatic nitrogens is 1. The number of halogens is 1. The predicted molar refractivity (Wildman–Crippen MR) is 109 cm³/mol. The first-order valence-corrected chi connectivity index (χ1v) is 10.8. The number of hydrogen-bond acceptors (Lipinski definition) is 6. The van der Waals surface area contributed by atoms with E-state index in [2.05, 4.69) is 22.5 Å². The van der Waals surface area contributed by atoms with Crippen molar-refractivity contribution in [2.75, 3.05) is 20.2 Å². The minimum Gasteiger partial charge on any atom is -1.00 e. The van der Waals surface area contributed by atoms with Crippen LogP contribution < -0.4 is 86.9 Å². The molecule has 0 aliphatic carbocycles. The van der Waals surface area contributed by atoms with Crippen molar-refractivity contribution in [1.29, 1.82) is 0 Å². The van der Waals surface area contributed by atoms with Gasteiger partial charge in [-0.25, -0.2) is 0 Å². The van der Waals surface area contributed by atoms with Crippen LogP contribution in [-0.2, 0) is 10.4 Å². The molecule has 2 aromatic rings. The molecule has 0 amide bonds. The Morgan fingerprint density at radius 2 is 2.00 bits per heavy atom. The van der Waals surface area contributed by atoms with Crippen molar-refractivity contribution in [3.05, 3.63) is 48.7 Å². The topological polar surface area (TPSA) is 120 Å². The van der Waals surface area contributed by atoms with Crippen LogP contribution in [0.3, 0.4) is 0 Å². The first kappa shape index (κ1) is 29.5. The van der Waals surface area contributed by atoms with Crippen molar-refractivity contribution in [3.63, 3.8) is 0 Å². The third-order valence-electron chi connectivity index (χ3n) is 5.82. The molecule has 5 atom stereocenters. The molecule has 1 aromatic heterocycles. The molecule has 2 bridgehead atoms. The molecule has 8 nitrogen and oxygen atoms in total. The molecule has 3 fully saturated rings. The Morgan fingerprint density at radius 3 is 2.55 bits per heavy atom. The van der Waals surface area contributed by atoms with E-state index in [0.29, 0.717) is 11.8 Å². The van der Waals surface area contributed by atoms with Gasteiger partial charge in [-0.2, -0.15) is 8.42 Å². The van der Waals surface area contributed by atoms with Gasteiger partial charge in [0.15, 0.2) is 0 Å². The number of rotatable bonds is 4. The van der Waals surface area contributed by atoms with Crippen LogP contribution in [0, 0.1) is 11.8 Å². The standard InChI is InChI=1S/C20H24N2O2.HI.H2O4S.Rb/c1-3-13-12-22-9-7-14(13)10-19(22)20(23)16-6-8-21-18-5-4-15(24-2)11-17(16)18;;1-5(2,3)4;/h3-6,8,11,13-14,19-20,23H,1,7,9-10,12H2,2H3;1H;(H2,1,2,3,4);/q;;;+1/p-1/t13-,14-,19-,20+;;;/m0.../s1. The van der Waals surface area contributed by atoms with E-state index in [1.807, 2.05) is 24.3 Å². The van der Waals surface area contributed by atoms with Crippen molar-refractivity contribution in [3.8, 4) is 5.75 Å². The van der Waals surface area contributed by atoms with E-state index < -0.39 is 16.5 Å². The van der Waals surface area contributed by atoms with Gasteiger partial charge >= 0.3 is 68.6 Å². The maximum Gasteiger partial charge on any atom is 1.00 e. The maximum atomic E-state index is 11.2. The second kappa shape index (κ2) is 12.8.